The van der Waals surface area contributed by atoms with E-state index in [9.17, 15) is 57.2 Å². The largest absolute Gasteiger partial charge is 0.503 e. The summed E-state index contributed by atoms with van der Waals surface area (Å²) in [5.41, 5.74) is -2.62. The number of hydrogen-bond acceptors (Lipinski definition) is 15. The zero-order chi connectivity index (χ0) is 38.4. The monoisotopic (exact) mass is 759 g/mol. The molecule has 3 heterocycles. The van der Waals surface area contributed by atoms with Gasteiger partial charge in [0, 0.05) is 30.8 Å². The number of pyridine rings is 1. The Morgan fingerprint density at radius 2 is 1.82 bits per heavy atom. The SMILES string of the molecule is CC(C)C[C@H](O/N=C(\C(=O)C[C@@H]1C(=O)N(S(=O)(=O)O)[C@@H]1CNC(=O)NCc1cc(=O)c(O)cn1O)c1csc(NC(=O)OC(C)(C)C)n1)C(=O)O. The summed E-state index contributed by atoms with van der Waals surface area (Å²) in [6.07, 6.45) is -2.46. The van der Waals surface area contributed by atoms with Crippen LogP contribution in [0.15, 0.2) is 27.6 Å². The molecule has 1 aliphatic heterocycles. The van der Waals surface area contributed by atoms with E-state index in [1.54, 1.807) is 34.6 Å². The molecule has 0 spiro atoms. The van der Waals surface area contributed by atoms with Crippen LogP contribution in [0.3, 0.4) is 0 Å². The molecule has 0 aromatic carbocycles. The van der Waals surface area contributed by atoms with Crippen LogP contribution in [-0.2, 0) is 40.8 Å². The number of rotatable bonds is 15. The molecule has 51 heavy (non-hydrogen) atoms. The molecule has 0 saturated carbocycles. The number of nitrogens with zero attached hydrogens (tertiary/aromatic N) is 4. The highest BCUT2D eigenvalue weighted by Crippen LogP contribution is 2.32. The van der Waals surface area contributed by atoms with Gasteiger partial charge in [0.15, 0.2) is 22.4 Å². The Morgan fingerprint density at radius 3 is 2.41 bits per heavy atom. The second kappa shape index (κ2) is 16.2. The Labute approximate surface area is 294 Å². The van der Waals surface area contributed by atoms with Gasteiger partial charge >= 0.3 is 28.4 Å². The highest BCUT2D eigenvalue weighted by atomic mass is 32.2. The Morgan fingerprint density at radius 1 is 1.16 bits per heavy atom. The van der Waals surface area contributed by atoms with Crippen molar-refractivity contribution in [1.29, 1.82) is 0 Å². The van der Waals surface area contributed by atoms with Crippen molar-refractivity contribution in [3.8, 4) is 5.75 Å². The van der Waals surface area contributed by atoms with Crippen molar-refractivity contribution < 1.29 is 61.9 Å². The predicted octanol–water partition coefficient (Wildman–Crippen LogP) is 0.903. The van der Waals surface area contributed by atoms with Gasteiger partial charge in [0.25, 0.3) is 0 Å². The molecule has 2 aromatic rings. The summed E-state index contributed by atoms with van der Waals surface area (Å²) >= 11 is 0.844. The van der Waals surface area contributed by atoms with Crippen LogP contribution in [0.5, 0.6) is 5.75 Å². The van der Waals surface area contributed by atoms with Gasteiger partial charge in [0.2, 0.25) is 17.4 Å². The molecule has 0 aliphatic carbocycles. The van der Waals surface area contributed by atoms with Crippen LogP contribution in [0.2, 0.25) is 0 Å². The first-order chi connectivity index (χ1) is 23.6. The van der Waals surface area contributed by atoms with E-state index in [-0.39, 0.29) is 33.2 Å². The third-order valence-corrected chi connectivity index (χ3v) is 8.50. The molecule has 3 atom stereocenters. The van der Waals surface area contributed by atoms with E-state index in [0.717, 1.165) is 17.4 Å². The quantitative estimate of drug-likeness (QED) is 0.0436. The predicted molar refractivity (Wildman–Crippen MR) is 176 cm³/mol. The van der Waals surface area contributed by atoms with Crippen molar-refractivity contribution in [2.45, 2.75) is 71.8 Å². The average molecular weight is 760 g/mol. The summed E-state index contributed by atoms with van der Waals surface area (Å²) in [7, 11) is -5.16. The van der Waals surface area contributed by atoms with Crippen LogP contribution >= 0.6 is 11.3 Å². The van der Waals surface area contributed by atoms with Crippen LogP contribution in [-0.4, -0.2) is 102 Å². The first-order valence-electron chi connectivity index (χ1n) is 15.0. The molecule has 23 heteroatoms. The number of oxime groups is 1. The summed E-state index contributed by atoms with van der Waals surface area (Å²) in [5.74, 6) is -5.96. The van der Waals surface area contributed by atoms with Gasteiger partial charge in [0.1, 0.15) is 11.3 Å². The molecule has 4 amide bonds. The number of aliphatic carboxylic acids is 1. The lowest BCUT2D eigenvalue weighted by atomic mass is 9.84. The number of aromatic hydroxyl groups is 1. The number of ketones is 1. The fourth-order valence-corrected chi connectivity index (χ4v) is 6.13. The van der Waals surface area contributed by atoms with Crippen molar-refractivity contribution in [1.82, 2.24) is 24.7 Å². The minimum atomic E-state index is -5.16. The lowest BCUT2D eigenvalue weighted by Gasteiger charge is -2.44. The van der Waals surface area contributed by atoms with E-state index >= 15 is 0 Å². The molecule has 0 bridgehead atoms. The molecule has 2 aromatic heterocycles. The van der Waals surface area contributed by atoms with Crippen molar-refractivity contribution in [2.24, 2.45) is 17.0 Å². The summed E-state index contributed by atoms with van der Waals surface area (Å²) in [6, 6.07) is -1.64. The number of hydrogen-bond donors (Lipinski definition) is 7. The third-order valence-electron chi connectivity index (χ3n) is 6.80. The molecule has 280 valence electrons. The van der Waals surface area contributed by atoms with Crippen molar-refractivity contribution in [3.63, 3.8) is 0 Å². The second-order valence-corrected chi connectivity index (χ2v) is 14.6. The van der Waals surface area contributed by atoms with Gasteiger partial charge in [-0.1, -0.05) is 19.0 Å². The molecule has 7 N–H and O–H groups in total. The van der Waals surface area contributed by atoms with Crippen LogP contribution < -0.4 is 21.4 Å². The topological polar surface area (TPSA) is 305 Å². The highest BCUT2D eigenvalue weighted by molar-refractivity contribution is 7.84. The Balaban J connectivity index is 1.83. The maximum absolute atomic E-state index is 13.6. The smallest absolute Gasteiger partial charge is 0.413 e. The van der Waals surface area contributed by atoms with Gasteiger partial charge in [-0.3, -0.25) is 24.3 Å². The zero-order valence-corrected chi connectivity index (χ0v) is 29.5. The van der Waals surface area contributed by atoms with Gasteiger partial charge < -0.3 is 35.6 Å². The average Bonchev–Trinajstić information content (AvgIpc) is 3.44. The van der Waals surface area contributed by atoms with E-state index in [2.05, 4.69) is 26.1 Å². The number of carboxylic acids is 1. The van der Waals surface area contributed by atoms with Crippen molar-refractivity contribution >= 4 is 62.3 Å². The van der Waals surface area contributed by atoms with E-state index < -0.39 is 100 Å². The Hall–Kier alpha value is -5.29. The number of ether oxygens (including phenoxy) is 1. The van der Waals surface area contributed by atoms with Crippen LogP contribution in [0.25, 0.3) is 0 Å². The molecule has 1 aliphatic rings. The van der Waals surface area contributed by atoms with E-state index in [1.807, 2.05) is 0 Å². The molecular formula is C28H37N7O14S2. The van der Waals surface area contributed by atoms with Crippen LogP contribution in [0.4, 0.5) is 14.7 Å². The number of amides is 4. The zero-order valence-electron chi connectivity index (χ0n) is 27.8. The number of nitrogens with one attached hydrogen (secondary N) is 3. The number of Topliss-reactive ketones (excluding diaryl/α,β-unsaturated/α-hetero) is 1. The van der Waals surface area contributed by atoms with Crippen molar-refractivity contribution in [3.05, 3.63) is 39.3 Å². The molecule has 21 nitrogen and oxygen atoms in total. The minimum Gasteiger partial charge on any atom is -0.503 e. The fraction of sp³-hybridized carbons (Fsp3) is 0.500. The standard InChI is InChI=1S/C28H37N7O14S2/c1-13(2)6-21(24(40)41)49-33-22(16-12-50-26(31-16)32-27(43)48-28(3,4)5)19(37)8-15-17(35(23(15)39)51(45,46)47)10-30-25(42)29-9-14-7-18(36)20(38)11-34(14)44/h7,11-13,15,17,21,38,44H,6,8-10H2,1-5H3,(H,40,41)(H2,29,30,42)(H,31,32,43)(H,45,46,47)/b33-22-/t15-,17+,21-/m0/s1. The van der Waals surface area contributed by atoms with Crippen LogP contribution in [0, 0.1) is 11.8 Å². The number of β-lactam (4-membered cyclic amide) rings is 1. The molecule has 3 rings (SSSR count). The Kier molecular flexibility index (Phi) is 12.7. The number of anilines is 1. The minimum absolute atomic E-state index is 0.00778. The van der Waals surface area contributed by atoms with E-state index in [4.69, 9.17) is 9.57 Å². The summed E-state index contributed by atoms with van der Waals surface area (Å²) in [4.78, 5) is 84.0. The highest BCUT2D eigenvalue weighted by Gasteiger charge is 2.54. The van der Waals surface area contributed by atoms with E-state index in [0.29, 0.717) is 10.9 Å². The van der Waals surface area contributed by atoms with Crippen molar-refractivity contribution in [2.75, 3.05) is 11.9 Å². The summed E-state index contributed by atoms with van der Waals surface area (Å²) < 4.78 is 39.3. The molecular weight excluding hydrogens is 722 g/mol. The fourth-order valence-electron chi connectivity index (χ4n) is 4.52. The van der Waals surface area contributed by atoms with Gasteiger partial charge in [-0.25, -0.2) is 23.7 Å². The maximum Gasteiger partial charge on any atom is 0.413 e. The number of carbonyl (C=O) groups is 5. The van der Waals surface area contributed by atoms with Crippen LogP contribution in [0.1, 0.15) is 58.8 Å². The summed E-state index contributed by atoms with van der Waals surface area (Å²) in [5, 5.41) is 40.7. The number of carboxylic acid groups (broad SMARTS) is 1. The Bertz CT molecular complexity index is 1870. The summed E-state index contributed by atoms with van der Waals surface area (Å²) in [6.45, 7) is 7.26. The van der Waals surface area contributed by atoms with Gasteiger partial charge in [-0.2, -0.15) is 13.1 Å². The third kappa shape index (κ3) is 11.1. The molecule has 1 fully saturated rings. The first-order valence-corrected chi connectivity index (χ1v) is 17.3. The van der Waals surface area contributed by atoms with Gasteiger partial charge in [0.05, 0.1) is 30.4 Å². The first kappa shape index (κ1) is 40.1. The maximum atomic E-state index is 13.6. The van der Waals surface area contributed by atoms with Gasteiger partial charge in [-0.15, -0.1) is 11.3 Å². The molecule has 1 saturated heterocycles. The second-order valence-electron chi connectivity index (χ2n) is 12.5. The lowest BCUT2D eigenvalue weighted by Crippen LogP contribution is -2.66. The number of aromatic nitrogens is 2. The van der Waals surface area contributed by atoms with Gasteiger partial charge in [-0.05, 0) is 26.7 Å². The lowest BCUT2D eigenvalue weighted by molar-refractivity contribution is -0.151. The number of carbonyl (C=O) groups excluding carboxylic acids is 4. The molecule has 0 radical (unpaired) electrons. The normalized spacial score (nSPS) is 17.0. The van der Waals surface area contributed by atoms with E-state index in [1.165, 1.54) is 5.38 Å². The number of thiazole rings is 1. The number of urea groups is 1. The molecule has 0 unspecified atom stereocenters.